The molecule has 0 saturated carbocycles. The first-order valence-corrected chi connectivity index (χ1v) is 5.78. The van der Waals surface area contributed by atoms with Crippen LogP contribution in [0.25, 0.3) is 0 Å². The zero-order valence-electron chi connectivity index (χ0n) is 10.2. The molecule has 0 saturated heterocycles. The van der Waals surface area contributed by atoms with Crippen molar-refractivity contribution >= 4 is 28.2 Å². The van der Waals surface area contributed by atoms with Crippen LogP contribution in [0.2, 0.25) is 0 Å². The van der Waals surface area contributed by atoms with Gasteiger partial charge < -0.3 is 4.74 Å². The minimum absolute atomic E-state index is 0.535. The second kappa shape index (κ2) is 5.31. The lowest BCUT2D eigenvalue weighted by Crippen LogP contribution is -2.29. The highest BCUT2D eigenvalue weighted by molar-refractivity contribution is 9.10. The van der Waals surface area contributed by atoms with Crippen LogP contribution >= 0.6 is 15.9 Å². The average molecular weight is 303 g/mol. The van der Waals surface area contributed by atoms with Gasteiger partial charge in [-0.1, -0.05) is 0 Å². The SMILES string of the molecule is Cn1ncc(Br)c1/C=N/NC(=O)OC(C)(C)C. The molecule has 6 nitrogen and oxygen atoms in total. The van der Waals surface area contributed by atoms with Crippen molar-refractivity contribution in [2.75, 3.05) is 0 Å². The molecule has 1 amide bonds. The van der Waals surface area contributed by atoms with Crippen LogP contribution in [-0.4, -0.2) is 27.7 Å². The Morgan fingerprint density at radius 2 is 2.29 bits per heavy atom. The van der Waals surface area contributed by atoms with E-state index in [0.717, 1.165) is 10.2 Å². The maximum absolute atomic E-state index is 11.3. The van der Waals surface area contributed by atoms with Crippen molar-refractivity contribution in [2.24, 2.45) is 12.1 Å². The molecule has 1 heterocycles. The normalized spacial score (nSPS) is 11.8. The smallest absolute Gasteiger partial charge is 0.428 e. The fourth-order valence-corrected chi connectivity index (χ4v) is 1.46. The molecular weight excluding hydrogens is 288 g/mol. The molecule has 1 N–H and O–H groups in total. The average Bonchev–Trinajstić information content (AvgIpc) is 2.46. The minimum Gasteiger partial charge on any atom is -0.443 e. The van der Waals surface area contributed by atoms with Gasteiger partial charge in [0, 0.05) is 7.05 Å². The van der Waals surface area contributed by atoms with Gasteiger partial charge in [0.15, 0.2) is 0 Å². The topological polar surface area (TPSA) is 68.5 Å². The Bertz CT molecular complexity index is 415. The van der Waals surface area contributed by atoms with Gasteiger partial charge in [0.2, 0.25) is 0 Å². The van der Waals surface area contributed by atoms with Crippen LogP contribution in [0, 0.1) is 0 Å². The van der Waals surface area contributed by atoms with E-state index in [1.54, 1.807) is 38.7 Å². The van der Waals surface area contributed by atoms with E-state index in [-0.39, 0.29) is 0 Å². The number of hydrogen-bond acceptors (Lipinski definition) is 4. The van der Waals surface area contributed by atoms with Crippen molar-refractivity contribution in [1.29, 1.82) is 0 Å². The Morgan fingerprint density at radius 1 is 1.65 bits per heavy atom. The number of hydrogen-bond donors (Lipinski definition) is 1. The second-order valence-electron chi connectivity index (χ2n) is 4.37. The number of carbonyl (C=O) groups excluding carboxylic acids is 1. The van der Waals surface area contributed by atoms with Crippen LogP contribution in [0.4, 0.5) is 4.79 Å². The molecule has 0 radical (unpaired) electrons. The van der Waals surface area contributed by atoms with Crippen LogP contribution < -0.4 is 5.43 Å². The molecule has 0 aliphatic heterocycles. The van der Waals surface area contributed by atoms with E-state index < -0.39 is 11.7 Å². The van der Waals surface area contributed by atoms with Gasteiger partial charge in [0.1, 0.15) is 5.60 Å². The fourth-order valence-electron chi connectivity index (χ4n) is 1.01. The molecule has 0 aliphatic carbocycles. The van der Waals surface area contributed by atoms with Gasteiger partial charge in [-0.3, -0.25) is 4.68 Å². The predicted molar refractivity (Wildman–Crippen MR) is 67.9 cm³/mol. The third-order valence-electron chi connectivity index (χ3n) is 1.68. The number of halogens is 1. The Hall–Kier alpha value is -1.37. The molecule has 0 fully saturated rings. The van der Waals surface area contributed by atoms with Gasteiger partial charge in [0.25, 0.3) is 0 Å². The summed E-state index contributed by atoms with van der Waals surface area (Å²) in [5, 5.41) is 7.79. The molecule has 1 rings (SSSR count). The summed E-state index contributed by atoms with van der Waals surface area (Å²) in [6, 6.07) is 0. The number of aromatic nitrogens is 2. The van der Waals surface area contributed by atoms with Gasteiger partial charge >= 0.3 is 6.09 Å². The molecule has 1 aromatic rings. The molecule has 94 valence electrons. The number of aryl methyl sites for hydroxylation is 1. The lowest BCUT2D eigenvalue weighted by molar-refractivity contribution is 0.0529. The maximum Gasteiger partial charge on any atom is 0.428 e. The first kappa shape index (κ1) is 13.7. The Labute approximate surface area is 108 Å². The maximum atomic E-state index is 11.3. The van der Waals surface area contributed by atoms with Gasteiger partial charge in [-0.15, -0.1) is 0 Å². The van der Waals surface area contributed by atoms with E-state index in [1.165, 1.54) is 6.21 Å². The molecule has 0 spiro atoms. The van der Waals surface area contributed by atoms with Gasteiger partial charge in [-0.05, 0) is 36.7 Å². The molecule has 7 heteroatoms. The van der Waals surface area contributed by atoms with Crippen LogP contribution in [0.15, 0.2) is 15.8 Å². The highest BCUT2D eigenvalue weighted by Gasteiger charge is 2.15. The van der Waals surface area contributed by atoms with E-state index >= 15 is 0 Å². The number of hydrazone groups is 1. The summed E-state index contributed by atoms with van der Waals surface area (Å²) in [6.07, 6.45) is 2.54. The summed E-state index contributed by atoms with van der Waals surface area (Å²) in [7, 11) is 1.78. The van der Waals surface area contributed by atoms with Crippen LogP contribution in [-0.2, 0) is 11.8 Å². The van der Waals surface area contributed by atoms with E-state index in [4.69, 9.17) is 4.74 Å². The molecule has 0 unspecified atom stereocenters. The van der Waals surface area contributed by atoms with Crippen LogP contribution in [0.3, 0.4) is 0 Å². The number of nitrogens with one attached hydrogen (secondary N) is 1. The number of rotatable bonds is 2. The zero-order chi connectivity index (χ0) is 13.1. The molecule has 0 bridgehead atoms. The quantitative estimate of drug-likeness (QED) is 0.671. The van der Waals surface area contributed by atoms with Crippen LogP contribution in [0.5, 0.6) is 0 Å². The van der Waals surface area contributed by atoms with Gasteiger partial charge in [-0.25, -0.2) is 10.2 Å². The Balaban J connectivity index is 2.54. The van der Waals surface area contributed by atoms with E-state index in [2.05, 4.69) is 31.6 Å². The summed E-state index contributed by atoms with van der Waals surface area (Å²) in [5.74, 6) is 0. The molecular formula is C10H15BrN4O2. The highest BCUT2D eigenvalue weighted by atomic mass is 79.9. The lowest BCUT2D eigenvalue weighted by atomic mass is 10.2. The third-order valence-corrected chi connectivity index (χ3v) is 2.29. The zero-order valence-corrected chi connectivity index (χ0v) is 11.8. The summed E-state index contributed by atoms with van der Waals surface area (Å²) in [5.41, 5.74) is 2.49. The highest BCUT2D eigenvalue weighted by Crippen LogP contribution is 2.12. The first-order valence-electron chi connectivity index (χ1n) is 4.99. The monoisotopic (exact) mass is 302 g/mol. The van der Waals surface area contributed by atoms with Crippen molar-refractivity contribution in [3.8, 4) is 0 Å². The minimum atomic E-state index is -0.591. The van der Waals surface area contributed by atoms with Gasteiger partial charge in [-0.2, -0.15) is 10.2 Å². The Kier molecular flexibility index (Phi) is 4.28. The van der Waals surface area contributed by atoms with Gasteiger partial charge in [0.05, 0.1) is 22.6 Å². The van der Waals surface area contributed by atoms with E-state index in [9.17, 15) is 4.79 Å². The van der Waals surface area contributed by atoms with Crippen molar-refractivity contribution in [1.82, 2.24) is 15.2 Å². The second-order valence-corrected chi connectivity index (χ2v) is 5.23. The molecule has 1 aromatic heterocycles. The first-order chi connectivity index (χ1) is 7.79. The molecule has 0 atom stereocenters. The third kappa shape index (κ3) is 4.56. The van der Waals surface area contributed by atoms with Crippen LogP contribution in [0.1, 0.15) is 26.5 Å². The van der Waals surface area contributed by atoms with E-state index in [0.29, 0.717) is 0 Å². The summed E-state index contributed by atoms with van der Waals surface area (Å²) >= 11 is 3.31. The van der Waals surface area contributed by atoms with Crippen molar-refractivity contribution in [2.45, 2.75) is 26.4 Å². The number of amides is 1. The predicted octanol–water partition coefficient (Wildman–Crippen LogP) is 2.04. The summed E-state index contributed by atoms with van der Waals surface area (Å²) in [6.45, 7) is 5.36. The summed E-state index contributed by atoms with van der Waals surface area (Å²) < 4.78 is 7.45. The van der Waals surface area contributed by atoms with Crippen molar-refractivity contribution in [3.05, 3.63) is 16.4 Å². The fraction of sp³-hybridized carbons (Fsp3) is 0.500. The van der Waals surface area contributed by atoms with Crippen molar-refractivity contribution < 1.29 is 9.53 Å². The summed E-state index contributed by atoms with van der Waals surface area (Å²) in [4.78, 5) is 11.3. The molecule has 0 aromatic carbocycles. The number of carbonyl (C=O) groups is 1. The largest absolute Gasteiger partial charge is 0.443 e. The molecule has 0 aliphatic rings. The Morgan fingerprint density at radius 3 is 2.76 bits per heavy atom. The molecule has 17 heavy (non-hydrogen) atoms. The van der Waals surface area contributed by atoms with E-state index in [1.807, 2.05) is 0 Å². The standard InChI is InChI=1S/C10H15BrN4O2/c1-10(2,3)17-9(16)14-12-6-8-7(11)5-13-15(8)4/h5-6H,1-4H3,(H,14,16)/b12-6+. The van der Waals surface area contributed by atoms with Crippen molar-refractivity contribution in [3.63, 3.8) is 0 Å². The lowest BCUT2D eigenvalue weighted by Gasteiger charge is -2.18. The number of nitrogens with zero attached hydrogens (tertiary/aromatic N) is 3. The number of ether oxygens (including phenoxy) is 1.